The van der Waals surface area contributed by atoms with Crippen LogP contribution in [-0.2, 0) is 25.7 Å². The Morgan fingerprint density at radius 1 is 0.353 bits per heavy atom. The van der Waals surface area contributed by atoms with Crippen molar-refractivity contribution in [3.63, 3.8) is 0 Å². The van der Waals surface area contributed by atoms with Gasteiger partial charge in [-0.2, -0.15) is 0 Å². The molecule has 0 heteroatoms. The lowest BCUT2D eigenvalue weighted by atomic mass is 9.82. The molecule has 160 valence electrons. The van der Waals surface area contributed by atoms with Crippen LogP contribution in [0.4, 0.5) is 0 Å². The summed E-state index contributed by atoms with van der Waals surface area (Å²) in [5.41, 5.74) is 11.4. The number of hydrogen-bond acceptors (Lipinski definition) is 0. The van der Waals surface area contributed by atoms with Crippen molar-refractivity contribution >= 4 is 32.3 Å². The van der Waals surface area contributed by atoms with Crippen molar-refractivity contribution < 1.29 is 0 Å². The third-order valence-corrected chi connectivity index (χ3v) is 8.20. The molecular formula is C34H24. The highest BCUT2D eigenvalue weighted by Gasteiger charge is 2.20. The summed E-state index contributed by atoms with van der Waals surface area (Å²) in [4.78, 5) is 0. The largest absolute Gasteiger partial charge is 0.0616 e. The van der Waals surface area contributed by atoms with Crippen molar-refractivity contribution in [3.05, 3.63) is 119 Å². The standard InChI is InChI=1S/C34H24/c1-3-7-31-29(5-1)33(26-15-10-21-9-11-22(21)18-26)30-6-2-4-8-32(30)34(31)27-16-14-25-17-23-12-13-24(23)19-28(25)20-27/h1-8,10,14-20H,9,11-13H2. The lowest BCUT2D eigenvalue weighted by molar-refractivity contribution is 0.840. The number of aryl methyl sites for hydroxylation is 4. The average molecular weight is 433 g/mol. The van der Waals surface area contributed by atoms with Gasteiger partial charge in [0.15, 0.2) is 0 Å². The second-order valence-corrected chi connectivity index (χ2v) is 10.0. The van der Waals surface area contributed by atoms with Gasteiger partial charge >= 0.3 is 0 Å². The van der Waals surface area contributed by atoms with Gasteiger partial charge in [0.25, 0.3) is 0 Å². The highest BCUT2D eigenvalue weighted by atomic mass is 14.2. The van der Waals surface area contributed by atoms with Gasteiger partial charge in [0.05, 0.1) is 0 Å². The monoisotopic (exact) mass is 432 g/mol. The zero-order valence-corrected chi connectivity index (χ0v) is 19.1. The smallest absolute Gasteiger partial charge is 0.00262 e. The van der Waals surface area contributed by atoms with E-state index >= 15 is 0 Å². The van der Waals surface area contributed by atoms with E-state index in [1.54, 1.807) is 0 Å². The summed E-state index contributed by atoms with van der Waals surface area (Å²) in [5.74, 6) is 0. The van der Waals surface area contributed by atoms with E-state index in [0.717, 1.165) is 0 Å². The minimum atomic E-state index is 1.21. The van der Waals surface area contributed by atoms with Crippen LogP contribution in [0, 0.1) is 0 Å². The molecular weight excluding hydrogens is 408 g/mol. The number of hydrogen-bond donors (Lipinski definition) is 0. The zero-order valence-electron chi connectivity index (χ0n) is 19.1. The minimum absolute atomic E-state index is 1.21. The van der Waals surface area contributed by atoms with Gasteiger partial charge in [0, 0.05) is 0 Å². The van der Waals surface area contributed by atoms with E-state index in [9.17, 15) is 0 Å². The maximum Gasteiger partial charge on any atom is -0.00262 e. The Labute approximate surface area is 199 Å². The Bertz CT molecular complexity index is 1740. The summed E-state index contributed by atoms with van der Waals surface area (Å²) in [6.07, 6.45) is 4.88. The van der Waals surface area contributed by atoms with Crippen molar-refractivity contribution in [3.8, 4) is 22.3 Å². The molecule has 0 heterocycles. The van der Waals surface area contributed by atoms with Gasteiger partial charge < -0.3 is 0 Å². The molecule has 2 aliphatic rings. The molecule has 8 rings (SSSR count). The maximum atomic E-state index is 2.43. The average Bonchev–Trinajstić information content (AvgIpc) is 2.84. The molecule has 0 radical (unpaired) electrons. The summed E-state index contributed by atoms with van der Waals surface area (Å²) in [6, 6.07) is 36.9. The molecule has 34 heavy (non-hydrogen) atoms. The van der Waals surface area contributed by atoms with Gasteiger partial charge in [0.2, 0.25) is 0 Å². The summed E-state index contributed by atoms with van der Waals surface area (Å²) >= 11 is 0. The molecule has 0 saturated carbocycles. The van der Waals surface area contributed by atoms with Crippen molar-refractivity contribution in [2.75, 3.05) is 0 Å². The van der Waals surface area contributed by atoms with Crippen molar-refractivity contribution in [1.29, 1.82) is 0 Å². The second kappa shape index (κ2) is 6.81. The normalized spacial score (nSPS) is 14.0. The highest BCUT2D eigenvalue weighted by molar-refractivity contribution is 6.21. The Kier molecular flexibility index (Phi) is 3.71. The van der Waals surface area contributed by atoms with Crippen LogP contribution in [0.1, 0.15) is 22.3 Å². The first-order valence-corrected chi connectivity index (χ1v) is 12.4. The van der Waals surface area contributed by atoms with Crippen LogP contribution in [0.3, 0.4) is 0 Å². The fraction of sp³-hybridized carbons (Fsp3) is 0.118. The molecule has 0 amide bonds. The van der Waals surface area contributed by atoms with Crippen molar-refractivity contribution in [2.24, 2.45) is 0 Å². The summed E-state index contributed by atoms with van der Waals surface area (Å²) < 4.78 is 0. The van der Waals surface area contributed by atoms with Crippen LogP contribution < -0.4 is 0 Å². The van der Waals surface area contributed by atoms with Crippen molar-refractivity contribution in [1.82, 2.24) is 0 Å². The number of benzene rings is 6. The maximum absolute atomic E-state index is 2.43. The van der Waals surface area contributed by atoms with Gasteiger partial charge in [-0.3, -0.25) is 0 Å². The van der Waals surface area contributed by atoms with Crippen LogP contribution in [0.25, 0.3) is 54.6 Å². The van der Waals surface area contributed by atoms with E-state index < -0.39 is 0 Å². The quantitative estimate of drug-likeness (QED) is 0.240. The zero-order chi connectivity index (χ0) is 22.2. The van der Waals surface area contributed by atoms with Crippen LogP contribution >= 0.6 is 0 Å². The van der Waals surface area contributed by atoms with Crippen LogP contribution in [0.15, 0.2) is 97.1 Å². The summed E-state index contributed by atoms with van der Waals surface area (Å²) in [5, 5.41) is 8.06. The number of fused-ring (bicyclic) bond motifs is 5. The molecule has 6 aromatic rings. The predicted molar refractivity (Wildman–Crippen MR) is 145 cm³/mol. The minimum Gasteiger partial charge on any atom is -0.0616 e. The van der Waals surface area contributed by atoms with Crippen molar-refractivity contribution in [2.45, 2.75) is 25.7 Å². The van der Waals surface area contributed by atoms with E-state index in [2.05, 4.69) is 97.1 Å². The molecule has 2 aliphatic carbocycles. The third-order valence-electron chi connectivity index (χ3n) is 8.20. The first kappa shape index (κ1) is 18.5. The molecule has 0 saturated heterocycles. The molecule has 0 atom stereocenters. The molecule has 0 aliphatic heterocycles. The fourth-order valence-electron chi connectivity index (χ4n) is 6.21. The van der Waals surface area contributed by atoms with E-state index in [1.807, 2.05) is 0 Å². The van der Waals surface area contributed by atoms with E-state index in [0.29, 0.717) is 0 Å². The molecule has 0 nitrogen and oxygen atoms in total. The molecule has 0 fully saturated rings. The highest BCUT2D eigenvalue weighted by Crippen LogP contribution is 2.45. The van der Waals surface area contributed by atoms with Crippen LogP contribution in [0.5, 0.6) is 0 Å². The second-order valence-electron chi connectivity index (χ2n) is 10.0. The molecule has 6 aromatic carbocycles. The molecule has 0 spiro atoms. The lowest BCUT2D eigenvalue weighted by Crippen LogP contribution is -2.07. The van der Waals surface area contributed by atoms with Gasteiger partial charge in [-0.05, 0) is 109 Å². The van der Waals surface area contributed by atoms with Gasteiger partial charge in [-0.25, -0.2) is 0 Å². The van der Waals surface area contributed by atoms with E-state index in [1.165, 1.54) is 103 Å². The molecule has 0 aromatic heterocycles. The fourth-order valence-corrected chi connectivity index (χ4v) is 6.21. The first-order chi connectivity index (χ1) is 16.8. The Morgan fingerprint density at radius 2 is 0.824 bits per heavy atom. The van der Waals surface area contributed by atoms with E-state index in [4.69, 9.17) is 0 Å². The predicted octanol–water partition coefficient (Wildman–Crippen LogP) is 8.68. The lowest BCUT2D eigenvalue weighted by Gasteiger charge is -2.22. The van der Waals surface area contributed by atoms with Gasteiger partial charge in [0.1, 0.15) is 0 Å². The number of rotatable bonds is 2. The first-order valence-electron chi connectivity index (χ1n) is 12.4. The SMILES string of the molecule is c1ccc2c(-c3ccc4cc5c(cc4c3)CC5)c3ccccc3c(-c3ccc4c(c3)CC4)c2c1. The van der Waals surface area contributed by atoms with Gasteiger partial charge in [-0.1, -0.05) is 91.0 Å². The summed E-state index contributed by atoms with van der Waals surface area (Å²) in [7, 11) is 0. The molecule has 0 bridgehead atoms. The molecule has 0 N–H and O–H groups in total. The topological polar surface area (TPSA) is 0 Å². The van der Waals surface area contributed by atoms with Crippen LogP contribution in [0.2, 0.25) is 0 Å². The molecule has 0 unspecified atom stereocenters. The van der Waals surface area contributed by atoms with Crippen LogP contribution in [-0.4, -0.2) is 0 Å². The Hall–Kier alpha value is -3.90. The van der Waals surface area contributed by atoms with Gasteiger partial charge in [-0.15, -0.1) is 0 Å². The van der Waals surface area contributed by atoms with E-state index in [-0.39, 0.29) is 0 Å². The Morgan fingerprint density at radius 3 is 1.35 bits per heavy atom. The summed E-state index contributed by atoms with van der Waals surface area (Å²) in [6.45, 7) is 0. The Balaban J connectivity index is 1.47. The third kappa shape index (κ3) is 2.54.